The summed E-state index contributed by atoms with van der Waals surface area (Å²) in [6, 6.07) is 29.8. The van der Waals surface area contributed by atoms with Crippen LogP contribution in [0.25, 0.3) is 11.1 Å². The van der Waals surface area contributed by atoms with Gasteiger partial charge < -0.3 is 9.94 Å². The van der Waals surface area contributed by atoms with E-state index in [-0.39, 0.29) is 18.0 Å². The second-order valence-corrected chi connectivity index (χ2v) is 11.0. The lowest BCUT2D eigenvalue weighted by atomic mass is 10.1. The number of sulfonamides is 1. The highest BCUT2D eigenvalue weighted by atomic mass is 32.2. The Labute approximate surface area is 217 Å². The summed E-state index contributed by atoms with van der Waals surface area (Å²) in [5.41, 5.74) is 7.21. The molecule has 0 amide bonds. The largest absolute Gasteiger partial charge is 0.392 e. The Hall–Kier alpha value is -3.94. The van der Waals surface area contributed by atoms with E-state index in [1.807, 2.05) is 74.5 Å². The van der Waals surface area contributed by atoms with E-state index >= 15 is 0 Å². The van der Waals surface area contributed by atoms with Gasteiger partial charge in [0.15, 0.2) is 0 Å². The molecule has 6 nitrogen and oxygen atoms in total. The molecule has 4 aromatic carbocycles. The number of hydrogen-bond donors (Lipinski definition) is 1. The van der Waals surface area contributed by atoms with Gasteiger partial charge in [-0.1, -0.05) is 89.1 Å². The van der Waals surface area contributed by atoms with Gasteiger partial charge in [0.1, 0.15) is 18.4 Å². The second kappa shape index (κ2) is 10.2. The Kier molecular flexibility index (Phi) is 6.82. The van der Waals surface area contributed by atoms with Crippen LogP contribution in [0.3, 0.4) is 0 Å². The number of aryl methyl sites for hydroxylation is 2. The van der Waals surface area contributed by atoms with E-state index in [0.717, 1.165) is 33.4 Å². The van der Waals surface area contributed by atoms with Crippen LogP contribution in [0, 0.1) is 13.8 Å². The molecule has 0 spiro atoms. The van der Waals surface area contributed by atoms with Crippen LogP contribution < -0.4 is 4.31 Å². The minimum Gasteiger partial charge on any atom is -0.392 e. The maximum Gasteiger partial charge on any atom is 0.264 e. The van der Waals surface area contributed by atoms with Gasteiger partial charge in [-0.2, -0.15) is 0 Å². The Morgan fingerprint density at radius 3 is 1.78 bits per heavy atom. The highest BCUT2D eigenvalue weighted by molar-refractivity contribution is 7.92. The number of nitrogens with zero attached hydrogens (tertiary/aromatic N) is 2. The maximum absolute atomic E-state index is 13.6. The molecule has 0 radical (unpaired) electrons. The zero-order chi connectivity index (χ0) is 26.0. The molecule has 0 fully saturated rings. The Bertz CT molecular complexity index is 1500. The fourth-order valence-electron chi connectivity index (χ4n) is 4.42. The summed E-state index contributed by atoms with van der Waals surface area (Å²) in [6.45, 7) is 3.48. The number of aliphatic hydroxyl groups is 1. The van der Waals surface area contributed by atoms with Gasteiger partial charge >= 0.3 is 0 Å². The van der Waals surface area contributed by atoms with Crippen LogP contribution in [0.15, 0.2) is 107 Å². The van der Waals surface area contributed by atoms with Gasteiger partial charge in [-0.3, -0.25) is 4.31 Å². The quantitative estimate of drug-likeness (QED) is 0.286. The van der Waals surface area contributed by atoms with E-state index in [1.54, 1.807) is 36.4 Å². The van der Waals surface area contributed by atoms with Crippen LogP contribution in [0.5, 0.6) is 0 Å². The second-order valence-electron chi connectivity index (χ2n) is 9.17. The Morgan fingerprint density at radius 1 is 0.757 bits per heavy atom. The number of anilines is 1. The minimum atomic E-state index is -3.92. The fourth-order valence-corrected chi connectivity index (χ4v) is 5.92. The highest BCUT2D eigenvalue weighted by Gasteiger charge is 2.28. The van der Waals surface area contributed by atoms with Crippen LogP contribution in [0.2, 0.25) is 0 Å². The van der Waals surface area contributed by atoms with Crippen molar-refractivity contribution >= 4 is 21.4 Å². The van der Waals surface area contributed by atoms with Crippen molar-refractivity contribution in [3.8, 4) is 11.1 Å². The van der Waals surface area contributed by atoms with Crippen molar-refractivity contribution in [1.29, 1.82) is 0 Å². The van der Waals surface area contributed by atoms with E-state index < -0.39 is 16.1 Å². The molecule has 1 N–H and O–H groups in total. The number of oxime groups is 1. The van der Waals surface area contributed by atoms with Crippen LogP contribution in [0.4, 0.5) is 5.69 Å². The van der Waals surface area contributed by atoms with Crippen LogP contribution >= 0.6 is 0 Å². The Balaban J connectivity index is 1.37. The van der Waals surface area contributed by atoms with Gasteiger partial charge in [-0.05, 0) is 49.2 Å². The zero-order valence-corrected chi connectivity index (χ0v) is 21.5. The lowest BCUT2D eigenvalue weighted by molar-refractivity contribution is 0.0456. The number of rotatable bonds is 8. The van der Waals surface area contributed by atoms with Gasteiger partial charge in [0, 0.05) is 11.1 Å². The van der Waals surface area contributed by atoms with Crippen LogP contribution in [-0.2, 0) is 14.9 Å². The van der Waals surface area contributed by atoms with Gasteiger partial charge in [0.05, 0.1) is 17.1 Å². The maximum atomic E-state index is 13.6. The molecular formula is C30H28N2O4S. The minimum absolute atomic E-state index is 0.159. The first-order valence-corrected chi connectivity index (χ1v) is 13.5. The van der Waals surface area contributed by atoms with E-state index in [1.165, 1.54) is 4.31 Å². The zero-order valence-electron chi connectivity index (χ0n) is 20.7. The normalized spacial score (nSPS) is 13.0. The molecule has 5 rings (SSSR count). The van der Waals surface area contributed by atoms with Crippen molar-refractivity contribution in [2.45, 2.75) is 24.8 Å². The molecular weight excluding hydrogens is 484 g/mol. The van der Waals surface area contributed by atoms with Gasteiger partial charge in [-0.15, -0.1) is 0 Å². The molecule has 0 unspecified atom stereocenters. The van der Waals surface area contributed by atoms with E-state index in [4.69, 9.17) is 4.84 Å². The smallest absolute Gasteiger partial charge is 0.264 e. The summed E-state index contributed by atoms with van der Waals surface area (Å²) < 4.78 is 28.4. The first-order valence-electron chi connectivity index (χ1n) is 12.1. The SMILES string of the molecule is Cc1ccc(N(C[C@@H](O)CON=C2c3ccccc3-c3ccccc32)S(=O)(=O)c2ccc(C)cc2)cc1. The standard InChI is InChI=1S/C30H28N2O4S/c1-21-11-15-23(16-12-21)32(37(34,35)25-17-13-22(2)14-18-25)19-24(33)20-36-31-30-28-9-5-3-7-26(28)27-8-4-6-10-29(27)30/h3-18,24,33H,19-20H2,1-2H3/t24-/m1/s1. The average molecular weight is 513 g/mol. The predicted octanol–water partition coefficient (Wildman–Crippen LogP) is 5.31. The van der Waals surface area contributed by atoms with Crippen LogP contribution in [0.1, 0.15) is 22.3 Å². The summed E-state index contributed by atoms with van der Waals surface area (Å²) in [7, 11) is -3.92. The van der Waals surface area contributed by atoms with Crippen molar-refractivity contribution in [2.24, 2.45) is 5.16 Å². The third-order valence-corrected chi connectivity index (χ3v) is 8.19. The van der Waals surface area contributed by atoms with E-state index in [2.05, 4.69) is 5.16 Å². The lowest BCUT2D eigenvalue weighted by Gasteiger charge is -2.26. The molecule has 7 heteroatoms. The van der Waals surface area contributed by atoms with Crippen LogP contribution in [-0.4, -0.2) is 38.5 Å². The highest BCUT2D eigenvalue weighted by Crippen LogP contribution is 2.36. The number of aliphatic hydroxyl groups excluding tert-OH is 1. The number of benzene rings is 4. The predicted molar refractivity (Wildman–Crippen MR) is 146 cm³/mol. The molecule has 0 bridgehead atoms. The summed E-state index contributed by atoms with van der Waals surface area (Å²) in [6.07, 6.45) is -1.11. The summed E-state index contributed by atoms with van der Waals surface area (Å²) in [4.78, 5) is 5.76. The first kappa shape index (κ1) is 24.7. The van der Waals surface area contributed by atoms with E-state index in [0.29, 0.717) is 11.4 Å². The van der Waals surface area contributed by atoms with Crippen molar-refractivity contribution in [1.82, 2.24) is 0 Å². The average Bonchev–Trinajstić information content (AvgIpc) is 3.22. The van der Waals surface area contributed by atoms with Gasteiger partial charge in [0.25, 0.3) is 10.0 Å². The molecule has 0 aliphatic heterocycles. The molecule has 0 heterocycles. The van der Waals surface area contributed by atoms with Gasteiger partial charge in [-0.25, -0.2) is 8.42 Å². The molecule has 1 aliphatic carbocycles. The summed E-state index contributed by atoms with van der Waals surface area (Å²) >= 11 is 0. The first-order chi connectivity index (χ1) is 17.8. The monoisotopic (exact) mass is 512 g/mol. The molecule has 37 heavy (non-hydrogen) atoms. The van der Waals surface area contributed by atoms with Crippen molar-refractivity contribution in [2.75, 3.05) is 17.5 Å². The third kappa shape index (κ3) is 5.01. The third-order valence-electron chi connectivity index (χ3n) is 6.38. The summed E-state index contributed by atoms with van der Waals surface area (Å²) in [5.74, 6) is 0. The molecule has 1 aliphatic rings. The molecule has 0 aromatic heterocycles. The van der Waals surface area contributed by atoms with Gasteiger partial charge in [0.2, 0.25) is 0 Å². The number of fused-ring (bicyclic) bond motifs is 3. The molecule has 0 saturated carbocycles. The molecule has 4 aromatic rings. The topological polar surface area (TPSA) is 79.2 Å². The lowest BCUT2D eigenvalue weighted by Crippen LogP contribution is -2.39. The fraction of sp³-hybridized carbons (Fsp3) is 0.167. The van der Waals surface area contributed by atoms with Crippen molar-refractivity contribution < 1.29 is 18.4 Å². The molecule has 0 saturated heterocycles. The van der Waals surface area contributed by atoms with Crippen molar-refractivity contribution in [3.05, 3.63) is 119 Å². The number of hydrogen-bond acceptors (Lipinski definition) is 5. The molecule has 1 atom stereocenters. The van der Waals surface area contributed by atoms with E-state index in [9.17, 15) is 13.5 Å². The molecule has 188 valence electrons. The van der Waals surface area contributed by atoms with Crippen molar-refractivity contribution in [3.63, 3.8) is 0 Å². The Morgan fingerprint density at radius 2 is 1.24 bits per heavy atom. The summed E-state index contributed by atoms with van der Waals surface area (Å²) in [5, 5.41) is 15.2.